The molecule has 0 atom stereocenters. The molecular weight excluding hydrogens is 468 g/mol. The van der Waals surface area contributed by atoms with Crippen molar-refractivity contribution in [2.75, 3.05) is 32.6 Å². The largest absolute Gasteiger partial charge is 0.493 e. The van der Waals surface area contributed by atoms with Crippen molar-refractivity contribution in [3.05, 3.63) is 78.7 Å². The Labute approximate surface area is 216 Å². The fourth-order valence-corrected chi connectivity index (χ4v) is 4.65. The maximum absolute atomic E-state index is 13.1. The summed E-state index contributed by atoms with van der Waals surface area (Å²) < 4.78 is 16.2. The summed E-state index contributed by atoms with van der Waals surface area (Å²) in [5.74, 6) is 2.33. The Morgan fingerprint density at radius 3 is 2.43 bits per heavy atom. The summed E-state index contributed by atoms with van der Waals surface area (Å²) in [5.41, 5.74) is 3.74. The van der Waals surface area contributed by atoms with Crippen LogP contribution in [0.3, 0.4) is 0 Å². The smallest absolute Gasteiger partial charge is 0.241 e. The Kier molecular flexibility index (Phi) is 7.46. The zero-order chi connectivity index (χ0) is 25.6. The van der Waals surface area contributed by atoms with Crippen molar-refractivity contribution < 1.29 is 18.8 Å². The van der Waals surface area contributed by atoms with E-state index in [1.54, 1.807) is 14.2 Å². The number of carbonyl (C=O) groups is 1. The van der Waals surface area contributed by atoms with Gasteiger partial charge in [-0.05, 0) is 55.8 Å². The second-order valence-corrected chi connectivity index (χ2v) is 9.03. The van der Waals surface area contributed by atoms with E-state index in [0.717, 1.165) is 48.3 Å². The lowest BCUT2D eigenvalue weighted by Crippen LogP contribution is -2.37. The predicted molar refractivity (Wildman–Crippen MR) is 141 cm³/mol. The van der Waals surface area contributed by atoms with Crippen molar-refractivity contribution in [1.29, 1.82) is 0 Å². The summed E-state index contributed by atoms with van der Waals surface area (Å²) in [6.45, 7) is 2.12. The summed E-state index contributed by atoms with van der Waals surface area (Å²) >= 11 is 0. The summed E-state index contributed by atoms with van der Waals surface area (Å²) in [6, 6.07) is 23.6. The van der Waals surface area contributed by atoms with E-state index in [1.807, 2.05) is 60.7 Å². The van der Waals surface area contributed by atoms with Crippen molar-refractivity contribution >= 4 is 11.6 Å². The van der Waals surface area contributed by atoms with Gasteiger partial charge >= 0.3 is 0 Å². The first-order chi connectivity index (χ1) is 18.1. The van der Waals surface area contributed by atoms with Crippen LogP contribution in [-0.4, -0.2) is 48.3 Å². The Balaban J connectivity index is 1.17. The molecule has 1 aliphatic rings. The minimum Gasteiger partial charge on any atom is -0.493 e. The lowest BCUT2D eigenvalue weighted by atomic mass is 9.95. The molecule has 0 aliphatic carbocycles. The van der Waals surface area contributed by atoms with Crippen LogP contribution in [-0.2, 0) is 11.3 Å². The zero-order valence-electron chi connectivity index (χ0n) is 21.0. The van der Waals surface area contributed by atoms with Crippen molar-refractivity contribution in [3.63, 3.8) is 0 Å². The van der Waals surface area contributed by atoms with Crippen LogP contribution in [0.2, 0.25) is 0 Å². The predicted octanol–water partition coefficient (Wildman–Crippen LogP) is 5.27. The number of likely N-dealkylation sites (tertiary alicyclic amines) is 1. The monoisotopic (exact) mass is 498 g/mol. The Morgan fingerprint density at radius 2 is 1.68 bits per heavy atom. The number of hydrogen-bond acceptors (Lipinski definition) is 7. The maximum atomic E-state index is 13.1. The number of piperidine rings is 1. The van der Waals surface area contributed by atoms with Gasteiger partial charge in [-0.15, -0.1) is 0 Å². The number of methoxy groups -OCH3 is 2. The highest BCUT2D eigenvalue weighted by Gasteiger charge is 2.26. The number of para-hydroxylation sites is 1. The molecule has 5 rings (SSSR count). The van der Waals surface area contributed by atoms with Crippen LogP contribution < -0.4 is 14.8 Å². The van der Waals surface area contributed by atoms with Crippen molar-refractivity contribution in [1.82, 2.24) is 15.0 Å². The normalized spacial score (nSPS) is 14.3. The minimum atomic E-state index is -0.0370. The number of aromatic nitrogens is 2. The van der Waals surface area contributed by atoms with Crippen molar-refractivity contribution in [2.45, 2.75) is 19.4 Å². The first-order valence-electron chi connectivity index (χ1n) is 12.4. The molecule has 0 bridgehead atoms. The number of anilines is 1. The Morgan fingerprint density at radius 1 is 0.946 bits per heavy atom. The highest BCUT2D eigenvalue weighted by atomic mass is 16.5. The average molecular weight is 499 g/mol. The quantitative estimate of drug-likeness (QED) is 0.354. The van der Waals surface area contributed by atoms with E-state index in [0.29, 0.717) is 29.8 Å². The highest BCUT2D eigenvalue weighted by Crippen LogP contribution is 2.32. The van der Waals surface area contributed by atoms with Gasteiger partial charge in [-0.2, -0.15) is 4.98 Å². The van der Waals surface area contributed by atoms with Crippen molar-refractivity contribution in [3.8, 4) is 34.0 Å². The molecule has 8 nitrogen and oxygen atoms in total. The van der Waals surface area contributed by atoms with Crippen LogP contribution in [0, 0.1) is 5.92 Å². The molecule has 1 saturated heterocycles. The number of rotatable bonds is 8. The SMILES string of the molecule is COc1ccc(-c2noc(CN3CCC(C(=O)Nc4ccccc4-c4ccccc4)CC3)n2)cc1OC. The van der Waals surface area contributed by atoms with E-state index in [2.05, 4.69) is 32.5 Å². The zero-order valence-corrected chi connectivity index (χ0v) is 21.0. The number of amides is 1. The lowest BCUT2D eigenvalue weighted by Gasteiger charge is -2.30. The summed E-state index contributed by atoms with van der Waals surface area (Å²) in [4.78, 5) is 19.9. The number of benzene rings is 3. The van der Waals surface area contributed by atoms with E-state index in [9.17, 15) is 4.79 Å². The van der Waals surface area contributed by atoms with Gasteiger partial charge < -0.3 is 19.3 Å². The molecule has 4 aromatic rings. The Hall–Kier alpha value is -4.17. The van der Waals surface area contributed by atoms with Crippen LogP contribution in [0.1, 0.15) is 18.7 Å². The van der Waals surface area contributed by atoms with Gasteiger partial charge in [-0.1, -0.05) is 53.7 Å². The standard InChI is InChI=1S/C29H30N4O4/c1-35-25-13-12-22(18-26(25)36-2)28-31-27(37-32-28)19-33-16-14-21(15-17-33)29(34)30-24-11-7-6-10-23(24)20-8-4-3-5-9-20/h3-13,18,21H,14-17,19H2,1-2H3,(H,30,34). The van der Waals surface area contributed by atoms with Gasteiger partial charge in [-0.3, -0.25) is 9.69 Å². The highest BCUT2D eigenvalue weighted by molar-refractivity contribution is 5.96. The molecule has 1 aromatic heterocycles. The van der Waals surface area contributed by atoms with Crippen LogP contribution in [0.25, 0.3) is 22.5 Å². The van der Waals surface area contributed by atoms with Gasteiger partial charge in [0, 0.05) is 22.7 Å². The number of carbonyl (C=O) groups excluding carboxylic acids is 1. The molecule has 1 aliphatic heterocycles. The minimum absolute atomic E-state index is 0.0370. The lowest BCUT2D eigenvalue weighted by molar-refractivity contribution is -0.121. The van der Waals surface area contributed by atoms with Crippen LogP contribution in [0.5, 0.6) is 11.5 Å². The fourth-order valence-electron chi connectivity index (χ4n) is 4.65. The maximum Gasteiger partial charge on any atom is 0.241 e. The van der Waals surface area contributed by atoms with E-state index >= 15 is 0 Å². The van der Waals surface area contributed by atoms with Gasteiger partial charge in [0.05, 0.1) is 20.8 Å². The molecule has 2 heterocycles. The third-order valence-electron chi connectivity index (χ3n) is 6.70. The first-order valence-corrected chi connectivity index (χ1v) is 12.4. The van der Waals surface area contributed by atoms with E-state index in [-0.39, 0.29) is 11.8 Å². The van der Waals surface area contributed by atoms with Crippen LogP contribution >= 0.6 is 0 Å². The molecular formula is C29H30N4O4. The number of nitrogens with zero attached hydrogens (tertiary/aromatic N) is 3. The van der Waals surface area contributed by atoms with Gasteiger partial charge in [0.15, 0.2) is 11.5 Å². The fraction of sp³-hybridized carbons (Fsp3) is 0.276. The summed E-state index contributed by atoms with van der Waals surface area (Å²) in [5, 5.41) is 7.30. The first kappa shape index (κ1) is 24.5. The molecule has 0 radical (unpaired) electrons. The van der Waals surface area contributed by atoms with Gasteiger partial charge in [0.25, 0.3) is 0 Å². The molecule has 37 heavy (non-hydrogen) atoms. The topological polar surface area (TPSA) is 89.7 Å². The Bertz CT molecular complexity index is 1350. The summed E-state index contributed by atoms with van der Waals surface area (Å²) in [6.07, 6.45) is 1.55. The molecule has 0 spiro atoms. The van der Waals surface area contributed by atoms with E-state index < -0.39 is 0 Å². The molecule has 0 saturated carbocycles. The van der Waals surface area contributed by atoms with E-state index in [1.165, 1.54) is 0 Å². The molecule has 8 heteroatoms. The second-order valence-electron chi connectivity index (χ2n) is 9.03. The third kappa shape index (κ3) is 5.65. The van der Waals surface area contributed by atoms with Crippen LogP contribution in [0.4, 0.5) is 5.69 Å². The van der Waals surface area contributed by atoms with Crippen molar-refractivity contribution in [2.24, 2.45) is 5.92 Å². The number of hydrogen-bond donors (Lipinski definition) is 1. The molecule has 1 amide bonds. The summed E-state index contributed by atoms with van der Waals surface area (Å²) in [7, 11) is 3.19. The van der Waals surface area contributed by atoms with Gasteiger partial charge in [0.2, 0.25) is 17.6 Å². The molecule has 1 fully saturated rings. The number of ether oxygens (including phenoxy) is 2. The third-order valence-corrected chi connectivity index (χ3v) is 6.70. The van der Waals surface area contributed by atoms with Crippen LogP contribution in [0.15, 0.2) is 77.3 Å². The molecule has 1 N–H and O–H groups in total. The van der Waals surface area contributed by atoms with E-state index in [4.69, 9.17) is 14.0 Å². The molecule has 3 aromatic carbocycles. The number of nitrogens with one attached hydrogen (secondary N) is 1. The average Bonchev–Trinajstić information content (AvgIpc) is 3.42. The second kappa shape index (κ2) is 11.3. The molecule has 0 unspecified atom stereocenters. The van der Waals surface area contributed by atoms with Gasteiger partial charge in [-0.25, -0.2) is 0 Å². The molecule has 190 valence electrons. The van der Waals surface area contributed by atoms with Gasteiger partial charge in [0.1, 0.15) is 0 Å².